The number of hydrogen-bond acceptors (Lipinski definition) is 4. The molecule has 0 aliphatic carbocycles. The fraction of sp³-hybridized carbons (Fsp3) is 0.182. The van der Waals surface area contributed by atoms with Gasteiger partial charge in [-0.1, -0.05) is 48.0 Å². The van der Waals surface area contributed by atoms with E-state index in [4.69, 9.17) is 11.6 Å². The van der Waals surface area contributed by atoms with E-state index in [1.807, 2.05) is 54.8 Å². The monoisotopic (exact) mass is 392 g/mol. The van der Waals surface area contributed by atoms with Crippen LogP contribution >= 0.6 is 11.6 Å². The van der Waals surface area contributed by atoms with E-state index in [9.17, 15) is 5.11 Å². The van der Waals surface area contributed by atoms with Gasteiger partial charge in [-0.15, -0.1) is 0 Å². The predicted molar refractivity (Wildman–Crippen MR) is 114 cm³/mol. The molecule has 1 atom stereocenters. The summed E-state index contributed by atoms with van der Waals surface area (Å²) in [6.45, 7) is 3.91. The average Bonchev–Trinajstić information content (AvgIpc) is 3.11. The standard InChI is InChI=1S/C22H21ClN4O/c1-14-8-9-17(10-19(14)23)27-11-18(16-6-4-3-5-7-16)20-21(26-15(2)12-28)24-13-25-22(20)27/h3-11,13,15,28H,12H2,1-2H3,(H,24,25,26)/t15-/m1/s1. The van der Waals surface area contributed by atoms with Crippen molar-refractivity contribution in [1.29, 1.82) is 0 Å². The summed E-state index contributed by atoms with van der Waals surface area (Å²) >= 11 is 6.37. The maximum absolute atomic E-state index is 9.47. The lowest BCUT2D eigenvalue weighted by molar-refractivity contribution is 0.281. The summed E-state index contributed by atoms with van der Waals surface area (Å²) in [5.74, 6) is 0.697. The first-order valence-corrected chi connectivity index (χ1v) is 9.51. The Morgan fingerprint density at radius 3 is 2.64 bits per heavy atom. The minimum absolute atomic E-state index is 0.0143. The number of halogens is 1. The summed E-state index contributed by atoms with van der Waals surface area (Å²) in [7, 11) is 0. The molecule has 0 amide bonds. The second-order valence-electron chi connectivity index (χ2n) is 6.86. The van der Waals surface area contributed by atoms with E-state index < -0.39 is 0 Å². The molecule has 0 radical (unpaired) electrons. The lowest BCUT2D eigenvalue weighted by Crippen LogP contribution is -2.20. The molecule has 142 valence electrons. The Balaban J connectivity index is 1.99. The van der Waals surface area contributed by atoms with Crippen LogP contribution in [0.3, 0.4) is 0 Å². The van der Waals surface area contributed by atoms with Crippen molar-refractivity contribution in [2.75, 3.05) is 11.9 Å². The Labute approximate surface area is 168 Å². The first kappa shape index (κ1) is 18.5. The lowest BCUT2D eigenvalue weighted by atomic mass is 10.1. The molecule has 4 aromatic rings. The van der Waals surface area contributed by atoms with Crippen LogP contribution in [0.25, 0.3) is 27.8 Å². The Morgan fingerprint density at radius 2 is 1.93 bits per heavy atom. The molecule has 2 N–H and O–H groups in total. The number of fused-ring (bicyclic) bond motifs is 1. The van der Waals surface area contributed by atoms with Crippen molar-refractivity contribution in [2.45, 2.75) is 19.9 Å². The number of anilines is 1. The van der Waals surface area contributed by atoms with Crippen LogP contribution in [0.4, 0.5) is 5.82 Å². The van der Waals surface area contributed by atoms with Gasteiger partial charge in [0.25, 0.3) is 0 Å². The highest BCUT2D eigenvalue weighted by molar-refractivity contribution is 6.31. The maximum atomic E-state index is 9.47. The van der Waals surface area contributed by atoms with E-state index >= 15 is 0 Å². The Morgan fingerprint density at radius 1 is 1.14 bits per heavy atom. The van der Waals surface area contributed by atoms with Gasteiger partial charge in [0, 0.05) is 28.5 Å². The molecule has 0 fully saturated rings. The van der Waals surface area contributed by atoms with Crippen LogP contribution in [-0.4, -0.2) is 32.3 Å². The molecule has 0 saturated carbocycles. The summed E-state index contributed by atoms with van der Waals surface area (Å²) in [4.78, 5) is 9.00. The van der Waals surface area contributed by atoms with Crippen LogP contribution < -0.4 is 5.32 Å². The van der Waals surface area contributed by atoms with Crippen LogP contribution in [0.1, 0.15) is 12.5 Å². The number of aliphatic hydroxyl groups excluding tert-OH is 1. The molecule has 0 bridgehead atoms. The van der Waals surface area contributed by atoms with Crippen LogP contribution in [0.15, 0.2) is 61.1 Å². The second-order valence-corrected chi connectivity index (χ2v) is 7.27. The summed E-state index contributed by atoms with van der Waals surface area (Å²) in [5, 5.41) is 14.4. The largest absolute Gasteiger partial charge is 0.394 e. The van der Waals surface area contributed by atoms with E-state index in [0.29, 0.717) is 10.8 Å². The van der Waals surface area contributed by atoms with Crippen molar-refractivity contribution in [3.63, 3.8) is 0 Å². The number of nitrogens with zero attached hydrogens (tertiary/aromatic N) is 3. The Kier molecular flexibility index (Phi) is 5.03. The molecule has 2 heterocycles. The number of benzene rings is 2. The number of nitrogens with one attached hydrogen (secondary N) is 1. The molecular weight excluding hydrogens is 372 g/mol. The lowest BCUT2D eigenvalue weighted by Gasteiger charge is -2.13. The topological polar surface area (TPSA) is 63.0 Å². The molecule has 6 heteroatoms. The van der Waals surface area contributed by atoms with Crippen LogP contribution in [0.2, 0.25) is 5.02 Å². The molecule has 0 spiro atoms. The quantitative estimate of drug-likeness (QED) is 0.510. The van der Waals surface area contributed by atoms with Crippen LogP contribution in [0.5, 0.6) is 0 Å². The summed E-state index contributed by atoms with van der Waals surface area (Å²) in [6, 6.07) is 16.0. The summed E-state index contributed by atoms with van der Waals surface area (Å²) < 4.78 is 2.03. The molecule has 5 nitrogen and oxygen atoms in total. The van der Waals surface area contributed by atoms with Crippen LogP contribution in [-0.2, 0) is 0 Å². The van der Waals surface area contributed by atoms with Gasteiger partial charge < -0.3 is 15.0 Å². The van der Waals surface area contributed by atoms with Gasteiger partial charge in [-0.05, 0) is 37.1 Å². The second kappa shape index (κ2) is 7.62. The number of hydrogen-bond donors (Lipinski definition) is 2. The highest BCUT2D eigenvalue weighted by atomic mass is 35.5. The molecule has 0 saturated heterocycles. The third-order valence-electron chi connectivity index (χ3n) is 4.76. The first-order chi connectivity index (χ1) is 13.6. The van der Waals surface area contributed by atoms with E-state index in [2.05, 4.69) is 33.6 Å². The van der Waals surface area contributed by atoms with Crippen LogP contribution in [0, 0.1) is 6.92 Å². The highest BCUT2D eigenvalue weighted by Crippen LogP contribution is 2.36. The summed E-state index contributed by atoms with van der Waals surface area (Å²) in [5.41, 5.74) is 4.82. The number of rotatable bonds is 5. The normalized spacial score (nSPS) is 12.3. The fourth-order valence-corrected chi connectivity index (χ4v) is 3.39. The highest BCUT2D eigenvalue weighted by Gasteiger charge is 2.18. The minimum atomic E-state index is -0.126. The van der Waals surface area contributed by atoms with Gasteiger partial charge in [0.2, 0.25) is 0 Å². The smallest absolute Gasteiger partial charge is 0.150 e. The van der Waals surface area contributed by atoms with Crippen molar-refractivity contribution in [3.05, 3.63) is 71.6 Å². The average molecular weight is 393 g/mol. The van der Waals surface area contributed by atoms with Crippen molar-refractivity contribution in [3.8, 4) is 16.8 Å². The molecule has 0 aliphatic rings. The molecule has 2 aromatic heterocycles. The third-order valence-corrected chi connectivity index (χ3v) is 5.17. The zero-order valence-corrected chi connectivity index (χ0v) is 16.5. The molecule has 4 rings (SSSR count). The molecular formula is C22H21ClN4O. The van der Waals surface area contributed by atoms with E-state index in [1.165, 1.54) is 6.33 Å². The van der Waals surface area contributed by atoms with Gasteiger partial charge in [-0.25, -0.2) is 9.97 Å². The van der Waals surface area contributed by atoms with Gasteiger partial charge in [0.15, 0.2) is 5.65 Å². The first-order valence-electron chi connectivity index (χ1n) is 9.14. The Bertz CT molecular complexity index is 1120. The van der Waals surface area contributed by atoms with Crippen molar-refractivity contribution in [1.82, 2.24) is 14.5 Å². The fourth-order valence-electron chi connectivity index (χ4n) is 3.22. The van der Waals surface area contributed by atoms with E-state index in [-0.39, 0.29) is 12.6 Å². The summed E-state index contributed by atoms with van der Waals surface area (Å²) in [6.07, 6.45) is 3.60. The minimum Gasteiger partial charge on any atom is -0.394 e. The molecule has 0 unspecified atom stereocenters. The zero-order valence-electron chi connectivity index (χ0n) is 15.7. The van der Waals surface area contributed by atoms with Gasteiger partial charge in [0.1, 0.15) is 12.1 Å². The molecule has 0 aliphatic heterocycles. The van der Waals surface area contributed by atoms with E-state index in [1.54, 1.807) is 0 Å². The number of aryl methyl sites for hydroxylation is 1. The molecule has 28 heavy (non-hydrogen) atoms. The zero-order chi connectivity index (χ0) is 19.7. The van der Waals surface area contributed by atoms with Gasteiger partial charge in [0.05, 0.1) is 12.0 Å². The molecule has 2 aromatic carbocycles. The van der Waals surface area contributed by atoms with Crippen molar-refractivity contribution >= 4 is 28.5 Å². The number of aliphatic hydroxyl groups is 1. The van der Waals surface area contributed by atoms with Gasteiger partial charge in [-0.2, -0.15) is 0 Å². The van der Waals surface area contributed by atoms with Crippen molar-refractivity contribution < 1.29 is 5.11 Å². The third kappa shape index (κ3) is 3.35. The van der Waals surface area contributed by atoms with E-state index in [0.717, 1.165) is 33.4 Å². The Hall–Kier alpha value is -2.89. The number of aromatic nitrogens is 3. The van der Waals surface area contributed by atoms with Gasteiger partial charge >= 0.3 is 0 Å². The van der Waals surface area contributed by atoms with Crippen molar-refractivity contribution in [2.24, 2.45) is 0 Å². The SMILES string of the molecule is Cc1ccc(-n2cc(-c3ccccc3)c3c(N[C@H](C)CO)ncnc32)cc1Cl. The van der Waals surface area contributed by atoms with Gasteiger partial charge in [-0.3, -0.25) is 0 Å². The maximum Gasteiger partial charge on any atom is 0.150 e. The predicted octanol–water partition coefficient (Wildman–Crippen LogP) is 4.84.